The fourth-order valence-electron chi connectivity index (χ4n) is 2.22. The second-order valence-corrected chi connectivity index (χ2v) is 4.73. The molecule has 0 amide bonds. The van der Waals surface area contributed by atoms with Gasteiger partial charge in [0.15, 0.2) is 0 Å². The summed E-state index contributed by atoms with van der Waals surface area (Å²) in [6, 6.07) is 0.513. The van der Waals surface area contributed by atoms with E-state index in [2.05, 4.69) is 32.6 Å². The molecule has 1 saturated heterocycles. The molecule has 0 radical (unpaired) electrons. The number of ether oxygens (including phenoxy) is 2. The van der Waals surface area contributed by atoms with E-state index < -0.39 is 0 Å². The second-order valence-electron chi connectivity index (χ2n) is 4.73. The Morgan fingerprint density at radius 3 is 2.65 bits per heavy atom. The highest BCUT2D eigenvalue weighted by atomic mass is 16.5. The lowest BCUT2D eigenvalue weighted by molar-refractivity contribution is 0.0621. The topological polar surface area (TPSA) is 107 Å². The van der Waals surface area contributed by atoms with Crippen LogP contribution in [0.3, 0.4) is 0 Å². The van der Waals surface area contributed by atoms with Gasteiger partial charge >= 0.3 is 6.01 Å². The van der Waals surface area contributed by atoms with Crippen LogP contribution in [0, 0.1) is 5.92 Å². The highest BCUT2D eigenvalue weighted by molar-refractivity contribution is 5.35. The molecule has 1 aliphatic rings. The zero-order valence-electron chi connectivity index (χ0n) is 11.9. The molecule has 8 nitrogen and oxygen atoms in total. The lowest BCUT2D eigenvalue weighted by Crippen LogP contribution is -2.31. The SMILES string of the molecule is CCOc1nc(NN)nc(NC(C)C2CCOCC2)n1. The number of rotatable bonds is 6. The van der Waals surface area contributed by atoms with Crippen molar-refractivity contribution in [1.82, 2.24) is 15.0 Å². The first-order valence-electron chi connectivity index (χ1n) is 6.92. The number of hydrogen-bond acceptors (Lipinski definition) is 8. The Bertz CT molecular complexity index is 424. The molecule has 1 atom stereocenters. The maximum Gasteiger partial charge on any atom is 0.323 e. The molecule has 1 aromatic rings. The molecule has 1 aliphatic heterocycles. The maximum absolute atomic E-state index is 5.37. The summed E-state index contributed by atoms with van der Waals surface area (Å²) in [5, 5.41) is 3.29. The van der Waals surface area contributed by atoms with Crippen LogP contribution in [0.25, 0.3) is 0 Å². The molecule has 1 unspecified atom stereocenters. The molecular formula is C12H22N6O2. The Balaban J connectivity index is 2.04. The van der Waals surface area contributed by atoms with Crippen molar-refractivity contribution in [2.45, 2.75) is 32.7 Å². The number of nitrogen functional groups attached to an aromatic ring is 1. The van der Waals surface area contributed by atoms with Crippen LogP contribution >= 0.6 is 0 Å². The first kappa shape index (κ1) is 14.7. The van der Waals surface area contributed by atoms with Crippen molar-refractivity contribution in [1.29, 1.82) is 0 Å². The number of nitrogens with one attached hydrogen (secondary N) is 2. The van der Waals surface area contributed by atoms with Gasteiger partial charge in [0.2, 0.25) is 11.9 Å². The summed E-state index contributed by atoms with van der Waals surface area (Å²) >= 11 is 0. The third kappa shape index (κ3) is 3.91. The lowest BCUT2D eigenvalue weighted by Gasteiger charge is -2.28. The number of hydrazine groups is 1. The third-order valence-corrected chi connectivity index (χ3v) is 3.35. The Labute approximate surface area is 118 Å². The van der Waals surface area contributed by atoms with Gasteiger partial charge in [-0.3, -0.25) is 5.43 Å². The minimum Gasteiger partial charge on any atom is -0.464 e. The number of nitrogens with zero attached hydrogens (tertiary/aromatic N) is 3. The third-order valence-electron chi connectivity index (χ3n) is 3.35. The molecule has 0 saturated carbocycles. The number of anilines is 2. The zero-order valence-corrected chi connectivity index (χ0v) is 11.9. The van der Waals surface area contributed by atoms with Crippen molar-refractivity contribution in [3.63, 3.8) is 0 Å². The zero-order chi connectivity index (χ0) is 14.4. The van der Waals surface area contributed by atoms with E-state index in [1.807, 2.05) is 6.92 Å². The van der Waals surface area contributed by atoms with E-state index in [9.17, 15) is 0 Å². The van der Waals surface area contributed by atoms with Gasteiger partial charge in [0.1, 0.15) is 0 Å². The largest absolute Gasteiger partial charge is 0.464 e. The molecular weight excluding hydrogens is 260 g/mol. The minimum absolute atomic E-state index is 0.251. The first-order valence-corrected chi connectivity index (χ1v) is 6.92. The summed E-state index contributed by atoms with van der Waals surface area (Å²) in [6.07, 6.45) is 2.08. The van der Waals surface area contributed by atoms with Crippen LogP contribution < -0.4 is 21.3 Å². The summed E-state index contributed by atoms with van der Waals surface area (Å²) < 4.78 is 10.7. The van der Waals surface area contributed by atoms with Gasteiger partial charge in [-0.25, -0.2) is 5.84 Å². The van der Waals surface area contributed by atoms with Gasteiger partial charge < -0.3 is 14.8 Å². The van der Waals surface area contributed by atoms with Crippen molar-refractivity contribution >= 4 is 11.9 Å². The van der Waals surface area contributed by atoms with Gasteiger partial charge in [-0.05, 0) is 32.6 Å². The summed E-state index contributed by atoms with van der Waals surface area (Å²) in [7, 11) is 0. The average Bonchev–Trinajstić information content (AvgIpc) is 2.48. The predicted molar refractivity (Wildman–Crippen MR) is 75.4 cm³/mol. The average molecular weight is 282 g/mol. The molecule has 4 N–H and O–H groups in total. The number of nitrogens with two attached hydrogens (primary N) is 1. The monoisotopic (exact) mass is 282 g/mol. The van der Waals surface area contributed by atoms with Crippen LogP contribution in [0.5, 0.6) is 6.01 Å². The second kappa shape index (κ2) is 7.20. The molecule has 2 rings (SSSR count). The van der Waals surface area contributed by atoms with E-state index in [0.717, 1.165) is 26.1 Å². The van der Waals surface area contributed by atoms with Gasteiger partial charge in [0, 0.05) is 19.3 Å². The van der Waals surface area contributed by atoms with Crippen molar-refractivity contribution in [3.05, 3.63) is 0 Å². The van der Waals surface area contributed by atoms with Gasteiger partial charge in [-0.15, -0.1) is 0 Å². The molecule has 0 spiro atoms. The predicted octanol–water partition coefficient (Wildman–Crippen LogP) is 0.783. The van der Waals surface area contributed by atoms with E-state index in [1.54, 1.807) is 0 Å². The smallest absolute Gasteiger partial charge is 0.323 e. The molecule has 0 bridgehead atoms. The maximum atomic E-state index is 5.37. The van der Waals surface area contributed by atoms with Crippen molar-refractivity contribution in [2.75, 3.05) is 30.6 Å². The van der Waals surface area contributed by atoms with Gasteiger partial charge in [0.05, 0.1) is 6.61 Å². The Kier molecular flexibility index (Phi) is 5.31. The Morgan fingerprint density at radius 1 is 1.30 bits per heavy atom. The summed E-state index contributed by atoms with van der Waals surface area (Å²) in [4.78, 5) is 12.4. The van der Waals surface area contributed by atoms with Gasteiger partial charge in [0.25, 0.3) is 0 Å². The van der Waals surface area contributed by atoms with Crippen LogP contribution in [0.1, 0.15) is 26.7 Å². The summed E-state index contributed by atoms with van der Waals surface area (Å²) in [6.45, 7) is 6.11. The molecule has 2 heterocycles. The summed E-state index contributed by atoms with van der Waals surface area (Å²) in [5.74, 6) is 6.65. The van der Waals surface area contributed by atoms with E-state index in [-0.39, 0.29) is 18.0 Å². The highest BCUT2D eigenvalue weighted by Crippen LogP contribution is 2.21. The molecule has 1 aromatic heterocycles. The summed E-state index contributed by atoms with van der Waals surface area (Å²) in [5.41, 5.74) is 2.42. The number of aromatic nitrogens is 3. The quantitative estimate of drug-likeness (QED) is 0.519. The first-order chi connectivity index (χ1) is 9.72. The van der Waals surface area contributed by atoms with Crippen LogP contribution in [0.2, 0.25) is 0 Å². The number of hydrogen-bond donors (Lipinski definition) is 3. The minimum atomic E-state index is 0.251. The molecule has 112 valence electrons. The van der Waals surface area contributed by atoms with Crippen LogP contribution in [0.4, 0.5) is 11.9 Å². The van der Waals surface area contributed by atoms with E-state index >= 15 is 0 Å². The van der Waals surface area contributed by atoms with E-state index in [0.29, 0.717) is 18.5 Å². The molecule has 1 fully saturated rings. The molecule has 0 aromatic carbocycles. The normalized spacial score (nSPS) is 17.6. The fraction of sp³-hybridized carbons (Fsp3) is 0.750. The van der Waals surface area contributed by atoms with Crippen molar-refractivity contribution in [3.8, 4) is 6.01 Å². The van der Waals surface area contributed by atoms with Crippen LogP contribution in [-0.2, 0) is 4.74 Å². The Hall–Kier alpha value is -1.67. The lowest BCUT2D eigenvalue weighted by atomic mass is 9.93. The van der Waals surface area contributed by atoms with Gasteiger partial charge in [-0.1, -0.05) is 0 Å². The molecule has 20 heavy (non-hydrogen) atoms. The standard InChI is InChI=1S/C12H22N6O2/c1-3-20-12-16-10(15-11(17-12)18-13)14-8(2)9-4-6-19-7-5-9/h8-9H,3-7,13H2,1-2H3,(H2,14,15,16,17,18). The fourth-order valence-corrected chi connectivity index (χ4v) is 2.22. The van der Waals surface area contributed by atoms with Crippen LogP contribution in [-0.4, -0.2) is 40.8 Å². The van der Waals surface area contributed by atoms with Crippen molar-refractivity contribution < 1.29 is 9.47 Å². The van der Waals surface area contributed by atoms with E-state index in [4.69, 9.17) is 15.3 Å². The molecule has 0 aliphatic carbocycles. The van der Waals surface area contributed by atoms with Gasteiger partial charge in [-0.2, -0.15) is 15.0 Å². The van der Waals surface area contributed by atoms with Crippen LogP contribution in [0.15, 0.2) is 0 Å². The Morgan fingerprint density at radius 2 is 2.00 bits per heavy atom. The van der Waals surface area contributed by atoms with E-state index in [1.165, 1.54) is 0 Å². The van der Waals surface area contributed by atoms with Crippen molar-refractivity contribution in [2.24, 2.45) is 11.8 Å². The highest BCUT2D eigenvalue weighted by Gasteiger charge is 2.21. The molecule has 8 heteroatoms.